The molecule has 0 radical (unpaired) electrons. The molecule has 3 aliphatic rings. The Bertz CT molecular complexity index is 1160. The monoisotopic (exact) mass is 442 g/mol. The molecular weight excluding hydrogens is 416 g/mol. The van der Waals surface area contributed by atoms with E-state index < -0.39 is 16.2 Å². The minimum atomic E-state index is -3.56. The topological polar surface area (TPSA) is 111 Å². The Balaban J connectivity index is 1.28. The Kier molecular flexibility index (Phi) is 4.90. The van der Waals surface area contributed by atoms with Gasteiger partial charge in [0.25, 0.3) is 5.91 Å². The van der Waals surface area contributed by atoms with E-state index >= 15 is 0 Å². The smallest absolute Gasteiger partial charge is 0.270 e. The highest BCUT2D eigenvalue weighted by atomic mass is 32.2. The zero-order valence-corrected chi connectivity index (χ0v) is 18.2. The fraction of sp³-hybridized carbons (Fsp3) is 0.455. The number of nitrogens with zero attached hydrogens (tertiary/aromatic N) is 1. The average molecular weight is 443 g/mol. The number of hydrogen-bond donors (Lipinski definition) is 3. The number of H-pyrrole nitrogens is 1. The van der Waals surface area contributed by atoms with Crippen molar-refractivity contribution in [3.63, 3.8) is 0 Å². The van der Waals surface area contributed by atoms with Gasteiger partial charge in [-0.1, -0.05) is 12.1 Å². The lowest BCUT2D eigenvalue weighted by atomic mass is 9.92. The van der Waals surface area contributed by atoms with Crippen molar-refractivity contribution in [1.29, 1.82) is 0 Å². The normalized spacial score (nSPS) is 23.1. The van der Waals surface area contributed by atoms with Gasteiger partial charge in [-0.3, -0.25) is 9.59 Å². The van der Waals surface area contributed by atoms with E-state index in [4.69, 9.17) is 0 Å². The maximum absolute atomic E-state index is 13.2. The van der Waals surface area contributed by atoms with Crippen LogP contribution in [0.5, 0.6) is 0 Å². The van der Waals surface area contributed by atoms with Crippen LogP contribution in [0.15, 0.2) is 29.2 Å². The van der Waals surface area contributed by atoms with Crippen molar-refractivity contribution < 1.29 is 18.0 Å². The Morgan fingerprint density at radius 2 is 1.87 bits per heavy atom. The van der Waals surface area contributed by atoms with E-state index in [0.717, 1.165) is 24.1 Å². The van der Waals surface area contributed by atoms with Gasteiger partial charge >= 0.3 is 0 Å². The summed E-state index contributed by atoms with van der Waals surface area (Å²) in [5.74, 6) is 0.107. The van der Waals surface area contributed by atoms with Gasteiger partial charge in [0, 0.05) is 30.8 Å². The zero-order chi connectivity index (χ0) is 21.8. The van der Waals surface area contributed by atoms with Crippen LogP contribution in [-0.4, -0.2) is 49.2 Å². The molecule has 9 heteroatoms. The lowest BCUT2D eigenvalue weighted by Crippen LogP contribution is -2.52. The van der Waals surface area contributed by atoms with E-state index in [1.807, 2.05) is 13.0 Å². The third-order valence-electron chi connectivity index (χ3n) is 6.72. The number of sulfonamides is 1. The molecule has 0 saturated carbocycles. The fourth-order valence-corrected chi connectivity index (χ4v) is 6.43. The van der Waals surface area contributed by atoms with Gasteiger partial charge in [-0.05, 0) is 56.2 Å². The third-order valence-corrected chi connectivity index (χ3v) is 8.22. The van der Waals surface area contributed by atoms with Crippen LogP contribution in [0.2, 0.25) is 0 Å². The van der Waals surface area contributed by atoms with Gasteiger partial charge in [-0.2, -0.15) is 4.72 Å². The Morgan fingerprint density at radius 1 is 1.13 bits per heavy atom. The Morgan fingerprint density at radius 3 is 2.61 bits per heavy atom. The standard InChI is InChI=1S/C22H26N4O4S/c1-13-19-16(6-4-7-17(19)27)23-20(13)22(28)26-11-9-14(10-12-26)21-24-15-5-2-3-8-18(15)31(29,30)25-21/h2-3,5,8,14,21,23-25H,4,6-7,9-12H2,1H3. The highest BCUT2D eigenvalue weighted by Gasteiger charge is 2.36. The molecule has 0 spiro atoms. The maximum atomic E-state index is 13.2. The number of Topliss-reactive ketones (excluding diaryl/α,β-unsaturated/α-hetero) is 1. The molecule has 3 N–H and O–H groups in total. The predicted molar refractivity (Wildman–Crippen MR) is 116 cm³/mol. The van der Waals surface area contributed by atoms with Crippen molar-refractivity contribution in [1.82, 2.24) is 14.6 Å². The number of para-hydroxylation sites is 1. The lowest BCUT2D eigenvalue weighted by molar-refractivity contribution is 0.0673. The number of amides is 1. The number of nitrogens with one attached hydrogen (secondary N) is 3. The van der Waals surface area contributed by atoms with Gasteiger partial charge in [0.05, 0.1) is 11.9 Å². The molecule has 31 heavy (non-hydrogen) atoms. The van der Waals surface area contributed by atoms with E-state index in [0.29, 0.717) is 49.3 Å². The molecule has 1 amide bonds. The van der Waals surface area contributed by atoms with Crippen molar-refractivity contribution in [2.75, 3.05) is 18.4 Å². The Hall–Kier alpha value is -2.65. The number of likely N-dealkylation sites (tertiary alicyclic amines) is 1. The van der Waals surface area contributed by atoms with Gasteiger partial charge < -0.3 is 15.2 Å². The summed E-state index contributed by atoms with van der Waals surface area (Å²) in [6.45, 7) is 2.93. The molecule has 3 heterocycles. The molecule has 1 aromatic heterocycles. The molecule has 1 fully saturated rings. The van der Waals surface area contributed by atoms with E-state index in [-0.39, 0.29) is 22.5 Å². The van der Waals surface area contributed by atoms with E-state index in [1.54, 1.807) is 23.1 Å². The summed E-state index contributed by atoms with van der Waals surface area (Å²) in [5.41, 5.74) is 3.46. The molecule has 5 rings (SSSR count). The maximum Gasteiger partial charge on any atom is 0.270 e. The SMILES string of the molecule is Cc1c(C(=O)N2CCC(C3Nc4ccccc4S(=O)(=O)N3)CC2)[nH]c2c1C(=O)CCC2. The molecule has 0 bridgehead atoms. The van der Waals surface area contributed by atoms with Crippen LogP contribution in [0.3, 0.4) is 0 Å². The number of benzene rings is 1. The molecular formula is C22H26N4O4S. The van der Waals surface area contributed by atoms with Crippen molar-refractivity contribution in [2.45, 2.75) is 50.1 Å². The number of aromatic nitrogens is 1. The third kappa shape index (κ3) is 3.45. The second-order valence-electron chi connectivity index (χ2n) is 8.62. The van der Waals surface area contributed by atoms with E-state index in [9.17, 15) is 18.0 Å². The quantitative estimate of drug-likeness (QED) is 0.661. The molecule has 1 saturated heterocycles. The number of aryl methyl sites for hydroxylation is 1. The summed E-state index contributed by atoms with van der Waals surface area (Å²) < 4.78 is 27.9. The van der Waals surface area contributed by atoms with Gasteiger partial charge in [-0.15, -0.1) is 0 Å². The number of hydrogen-bond acceptors (Lipinski definition) is 5. The lowest BCUT2D eigenvalue weighted by Gasteiger charge is -2.38. The average Bonchev–Trinajstić information content (AvgIpc) is 3.10. The number of anilines is 1. The molecule has 2 aromatic rings. The molecule has 164 valence electrons. The second-order valence-corrected chi connectivity index (χ2v) is 10.3. The first-order valence-corrected chi connectivity index (χ1v) is 12.3. The van der Waals surface area contributed by atoms with E-state index in [2.05, 4.69) is 15.0 Å². The van der Waals surface area contributed by atoms with E-state index in [1.165, 1.54) is 0 Å². The highest BCUT2D eigenvalue weighted by molar-refractivity contribution is 7.89. The molecule has 1 unspecified atom stereocenters. The number of rotatable bonds is 2. The second kappa shape index (κ2) is 7.49. The number of piperidine rings is 1. The first-order valence-electron chi connectivity index (χ1n) is 10.8. The number of aromatic amines is 1. The summed E-state index contributed by atoms with van der Waals surface area (Å²) >= 11 is 0. The first-order chi connectivity index (χ1) is 14.8. The molecule has 2 aliphatic heterocycles. The van der Waals surface area contributed by atoms with Crippen LogP contribution >= 0.6 is 0 Å². The van der Waals surface area contributed by atoms with Crippen LogP contribution in [-0.2, 0) is 16.4 Å². The van der Waals surface area contributed by atoms with Gasteiger partial charge in [-0.25, -0.2) is 8.42 Å². The predicted octanol–water partition coefficient (Wildman–Crippen LogP) is 2.42. The fourth-order valence-electron chi connectivity index (χ4n) is 5.04. The van der Waals surface area contributed by atoms with Crippen molar-refractivity contribution in [2.24, 2.45) is 5.92 Å². The van der Waals surface area contributed by atoms with Gasteiger partial charge in [0.15, 0.2) is 5.78 Å². The van der Waals surface area contributed by atoms with Crippen LogP contribution < -0.4 is 10.0 Å². The molecule has 1 aromatic carbocycles. The van der Waals surface area contributed by atoms with Crippen LogP contribution in [0.4, 0.5) is 5.69 Å². The minimum Gasteiger partial charge on any atom is -0.368 e. The number of carbonyl (C=O) groups is 2. The summed E-state index contributed by atoms with van der Waals surface area (Å²) in [4.78, 5) is 30.7. The van der Waals surface area contributed by atoms with Crippen LogP contribution in [0.25, 0.3) is 0 Å². The number of ketones is 1. The van der Waals surface area contributed by atoms with Gasteiger partial charge in [0.2, 0.25) is 10.0 Å². The summed E-state index contributed by atoms with van der Waals surface area (Å²) in [6.07, 6.45) is 3.14. The van der Waals surface area contributed by atoms with Crippen molar-refractivity contribution in [3.8, 4) is 0 Å². The zero-order valence-electron chi connectivity index (χ0n) is 17.4. The summed E-state index contributed by atoms with van der Waals surface area (Å²) in [6, 6.07) is 6.88. The summed E-state index contributed by atoms with van der Waals surface area (Å²) in [5, 5.41) is 3.31. The highest BCUT2D eigenvalue weighted by Crippen LogP contribution is 2.32. The largest absolute Gasteiger partial charge is 0.368 e. The summed E-state index contributed by atoms with van der Waals surface area (Å²) in [7, 11) is -3.56. The van der Waals surface area contributed by atoms with Crippen molar-refractivity contribution in [3.05, 3.63) is 46.8 Å². The van der Waals surface area contributed by atoms with Crippen molar-refractivity contribution >= 4 is 27.4 Å². The minimum absolute atomic E-state index is 0.0757. The van der Waals surface area contributed by atoms with Crippen LogP contribution in [0, 0.1) is 12.8 Å². The number of fused-ring (bicyclic) bond motifs is 2. The Labute approximate surface area is 181 Å². The molecule has 1 atom stereocenters. The van der Waals surface area contributed by atoms with Gasteiger partial charge in [0.1, 0.15) is 10.6 Å². The first kappa shape index (κ1) is 20.3. The number of carbonyl (C=O) groups excluding carboxylic acids is 2. The molecule has 8 nitrogen and oxygen atoms in total. The van der Waals surface area contributed by atoms with Crippen LogP contribution in [0.1, 0.15) is 57.8 Å². The molecule has 1 aliphatic carbocycles.